The maximum Gasteiger partial charge on any atom is 0.304 e. The molecule has 0 radical (unpaired) electrons. The second-order valence-electron chi connectivity index (χ2n) is 3.82. The Morgan fingerprint density at radius 2 is 1.67 bits per heavy atom. The Morgan fingerprint density at radius 3 is 1.75 bits per heavy atom. The second kappa shape index (κ2) is 7.43. The van der Waals surface area contributed by atoms with E-state index in [-0.39, 0.29) is 6.42 Å². The highest BCUT2D eigenvalue weighted by Gasteiger charge is 1.91. The van der Waals surface area contributed by atoms with E-state index in [0.717, 1.165) is 10.2 Å². The predicted molar refractivity (Wildman–Crippen MR) is 54.6 cm³/mol. The lowest BCUT2D eigenvalue weighted by Gasteiger charge is -2.14. The smallest absolute Gasteiger partial charge is 0.304 e. The fourth-order valence-electron chi connectivity index (χ4n) is 0.189. The van der Waals surface area contributed by atoms with Gasteiger partial charge < -0.3 is 9.59 Å². The van der Waals surface area contributed by atoms with Crippen LogP contribution >= 0.6 is 11.8 Å². The van der Waals surface area contributed by atoms with Crippen molar-refractivity contribution >= 4 is 17.7 Å². The van der Waals surface area contributed by atoms with Gasteiger partial charge in [0.15, 0.2) is 0 Å². The van der Waals surface area contributed by atoms with E-state index in [2.05, 4.69) is 28.2 Å². The average Bonchev–Trinajstić information content (AvgIpc) is 1.79. The highest BCUT2D eigenvalue weighted by molar-refractivity contribution is 7.98. The van der Waals surface area contributed by atoms with Gasteiger partial charge >= 0.3 is 5.97 Å². The Labute approximate surface area is 79.3 Å². The lowest BCUT2D eigenvalue weighted by atomic mass is 10.5. The first-order valence-corrected chi connectivity index (χ1v) is 5.16. The Morgan fingerprint density at radius 1 is 1.33 bits per heavy atom. The van der Waals surface area contributed by atoms with Crippen LogP contribution < -0.4 is 0 Å². The fourth-order valence-corrected chi connectivity index (χ4v) is 0.568. The average molecular weight is 194 g/mol. The molecule has 0 aromatic heterocycles. The van der Waals surface area contributed by atoms with Crippen molar-refractivity contribution in [3.8, 4) is 0 Å². The number of aliphatic carboxylic acids is 1. The molecule has 1 N–H and O–H groups in total. The van der Waals surface area contributed by atoms with Gasteiger partial charge in [0.05, 0.1) is 34.6 Å². The molecule has 0 aliphatic carbocycles. The first kappa shape index (κ1) is 14.3. The zero-order valence-electron chi connectivity index (χ0n) is 8.63. The third-order valence-electron chi connectivity index (χ3n) is 0.520. The van der Waals surface area contributed by atoms with Crippen LogP contribution in [0.25, 0.3) is 0 Å². The third kappa shape index (κ3) is 52.8. The van der Waals surface area contributed by atoms with E-state index in [9.17, 15) is 4.79 Å². The first-order chi connectivity index (χ1) is 5.27. The van der Waals surface area contributed by atoms with Crippen LogP contribution in [0.2, 0.25) is 0 Å². The predicted octanol–water partition coefficient (Wildman–Crippen LogP) is 1.15. The number of hydrogen-bond donors (Lipinski definition) is 1. The monoisotopic (exact) mass is 194 g/mol. The van der Waals surface area contributed by atoms with Gasteiger partial charge in [-0.15, -0.1) is 0 Å². The van der Waals surface area contributed by atoms with Crippen molar-refractivity contribution in [1.29, 1.82) is 0 Å². The van der Waals surface area contributed by atoms with Crippen LogP contribution in [0, 0.1) is 0 Å². The quantitative estimate of drug-likeness (QED) is 0.685. The van der Waals surface area contributed by atoms with Gasteiger partial charge in [-0.1, -0.05) is 0 Å². The number of quaternary nitrogens is 1. The van der Waals surface area contributed by atoms with Gasteiger partial charge in [0.1, 0.15) is 0 Å². The summed E-state index contributed by atoms with van der Waals surface area (Å²) in [4.78, 5) is 9.74. The molecule has 0 saturated heterocycles. The number of thioether (sulfide) groups is 1. The van der Waals surface area contributed by atoms with Crippen molar-refractivity contribution in [2.45, 2.75) is 6.42 Å². The van der Waals surface area contributed by atoms with Crippen molar-refractivity contribution < 1.29 is 14.4 Å². The summed E-state index contributed by atoms with van der Waals surface area (Å²) in [5.74, 6) is 0.00403. The first-order valence-electron chi connectivity index (χ1n) is 3.77. The molecule has 0 spiro atoms. The largest absolute Gasteiger partial charge is 0.481 e. The topological polar surface area (TPSA) is 37.3 Å². The van der Waals surface area contributed by atoms with E-state index < -0.39 is 5.97 Å². The minimum Gasteiger partial charge on any atom is -0.481 e. The molecule has 0 saturated carbocycles. The van der Waals surface area contributed by atoms with Crippen molar-refractivity contribution in [3.05, 3.63) is 0 Å². The van der Waals surface area contributed by atoms with Crippen LogP contribution in [-0.2, 0) is 4.79 Å². The highest BCUT2D eigenvalue weighted by atomic mass is 32.2. The summed E-state index contributed by atoms with van der Waals surface area (Å²) in [5, 5.41) is 8.03. The molecule has 0 heterocycles. The van der Waals surface area contributed by atoms with Crippen LogP contribution in [0.1, 0.15) is 6.42 Å². The fraction of sp³-hybridized carbons (Fsp3) is 0.875. The molecule has 0 aromatic rings. The van der Waals surface area contributed by atoms with Crippen molar-refractivity contribution in [2.75, 3.05) is 40.2 Å². The van der Waals surface area contributed by atoms with Gasteiger partial charge in [-0.25, -0.2) is 0 Å². The van der Waals surface area contributed by atoms with E-state index in [0.29, 0.717) is 0 Å². The summed E-state index contributed by atoms with van der Waals surface area (Å²) in [7, 11) is 8.50. The molecule has 0 aliphatic heterocycles. The molecule has 0 bridgehead atoms. The highest BCUT2D eigenvalue weighted by Crippen LogP contribution is 1.93. The summed E-state index contributed by atoms with van der Waals surface area (Å²) < 4.78 is 1.00. The standard InChI is InChI=1S/C4H12N.C4H8O2S/c1-5(2,3)4;1-7-3-2-4(5)6/h1-4H3;2-3H2,1H3,(H,5,6)/q+1;. The third-order valence-corrected chi connectivity index (χ3v) is 1.13. The number of hydrogen-bond acceptors (Lipinski definition) is 2. The Balaban J connectivity index is 0. The molecule has 0 rings (SSSR count). The minimum atomic E-state index is -0.714. The molecule has 0 amide bonds. The van der Waals surface area contributed by atoms with Gasteiger partial charge in [-0.3, -0.25) is 4.79 Å². The summed E-state index contributed by atoms with van der Waals surface area (Å²) in [6.45, 7) is 0. The Hall–Kier alpha value is -0.220. The van der Waals surface area contributed by atoms with Crippen molar-refractivity contribution in [3.63, 3.8) is 0 Å². The van der Waals surface area contributed by atoms with E-state index in [1.807, 2.05) is 6.26 Å². The van der Waals surface area contributed by atoms with Crippen LogP contribution in [0.15, 0.2) is 0 Å². The molecular formula is C8H20NO2S+. The Bertz CT molecular complexity index is 115. The normalized spacial score (nSPS) is 10.1. The SMILES string of the molecule is CSCCC(=O)O.C[N+](C)(C)C. The summed E-state index contributed by atoms with van der Waals surface area (Å²) in [5.41, 5.74) is 0. The molecule has 3 nitrogen and oxygen atoms in total. The number of nitrogens with zero attached hydrogens (tertiary/aromatic N) is 1. The molecular weight excluding hydrogens is 174 g/mol. The minimum absolute atomic E-state index is 0.279. The molecule has 12 heavy (non-hydrogen) atoms. The van der Waals surface area contributed by atoms with Gasteiger partial charge in [-0.2, -0.15) is 11.8 Å². The summed E-state index contributed by atoms with van der Waals surface area (Å²) >= 11 is 1.55. The van der Waals surface area contributed by atoms with Crippen molar-refractivity contribution in [2.24, 2.45) is 0 Å². The van der Waals surface area contributed by atoms with Gasteiger partial charge in [-0.05, 0) is 6.26 Å². The van der Waals surface area contributed by atoms with Gasteiger partial charge in [0.25, 0.3) is 0 Å². The summed E-state index contributed by atoms with van der Waals surface area (Å²) in [6, 6.07) is 0. The summed E-state index contributed by atoms with van der Waals surface area (Å²) in [6.07, 6.45) is 2.17. The molecule has 0 atom stereocenters. The van der Waals surface area contributed by atoms with E-state index in [4.69, 9.17) is 5.11 Å². The second-order valence-corrected chi connectivity index (χ2v) is 4.81. The number of carboxylic acids is 1. The van der Waals surface area contributed by atoms with E-state index in [1.165, 1.54) is 0 Å². The van der Waals surface area contributed by atoms with E-state index in [1.54, 1.807) is 11.8 Å². The van der Waals surface area contributed by atoms with Crippen molar-refractivity contribution in [1.82, 2.24) is 0 Å². The lowest BCUT2D eigenvalue weighted by molar-refractivity contribution is -0.849. The van der Waals surface area contributed by atoms with Gasteiger partial charge in [0, 0.05) is 5.75 Å². The van der Waals surface area contributed by atoms with Gasteiger partial charge in [0.2, 0.25) is 0 Å². The molecule has 0 fully saturated rings. The molecule has 0 aromatic carbocycles. The van der Waals surface area contributed by atoms with Crippen LogP contribution in [-0.4, -0.2) is 55.8 Å². The Kier molecular flexibility index (Phi) is 8.86. The molecule has 0 aliphatic rings. The van der Waals surface area contributed by atoms with E-state index >= 15 is 0 Å². The maximum absolute atomic E-state index is 9.74. The number of carboxylic acid groups (broad SMARTS) is 1. The zero-order chi connectivity index (χ0) is 10.2. The molecule has 0 unspecified atom stereocenters. The zero-order valence-corrected chi connectivity index (χ0v) is 9.44. The van der Waals surface area contributed by atoms with Crippen LogP contribution in [0.3, 0.4) is 0 Å². The number of rotatable bonds is 3. The molecule has 4 heteroatoms. The van der Waals surface area contributed by atoms with Crippen LogP contribution in [0.5, 0.6) is 0 Å². The number of carbonyl (C=O) groups is 1. The lowest BCUT2D eigenvalue weighted by Crippen LogP contribution is -2.27. The maximum atomic E-state index is 9.74. The van der Waals surface area contributed by atoms with Crippen LogP contribution in [0.4, 0.5) is 0 Å². The molecule has 74 valence electrons.